The van der Waals surface area contributed by atoms with E-state index in [0.29, 0.717) is 5.41 Å². The van der Waals surface area contributed by atoms with E-state index in [2.05, 4.69) is 33.0 Å². The zero-order chi connectivity index (χ0) is 10.7. The first kappa shape index (κ1) is 12.0. The Kier molecular flexibility index (Phi) is 4.00. The number of nitrogens with one attached hydrogen (secondary N) is 1. The van der Waals surface area contributed by atoms with Gasteiger partial charge in [-0.3, -0.25) is 0 Å². The minimum absolute atomic E-state index is 0.433. The van der Waals surface area contributed by atoms with Crippen LogP contribution in [-0.4, -0.2) is 13.1 Å². The Hall–Kier alpha value is -0.0400. The molecule has 1 rings (SSSR count). The first-order valence-corrected chi connectivity index (χ1v) is 6.12. The van der Waals surface area contributed by atoms with Crippen LogP contribution in [0, 0.1) is 10.8 Å². The highest BCUT2D eigenvalue weighted by molar-refractivity contribution is 4.87. The lowest BCUT2D eigenvalue weighted by molar-refractivity contribution is 0.374. The zero-order valence-corrected chi connectivity index (χ0v) is 10.4. The van der Waals surface area contributed by atoms with E-state index in [1.54, 1.807) is 0 Å². The maximum atomic E-state index is 3.53. The van der Waals surface area contributed by atoms with E-state index < -0.39 is 0 Å². The van der Waals surface area contributed by atoms with Gasteiger partial charge in [-0.05, 0) is 49.6 Å². The minimum atomic E-state index is 0.433. The number of rotatable bonds is 6. The van der Waals surface area contributed by atoms with Crippen molar-refractivity contribution in [3.05, 3.63) is 0 Å². The van der Waals surface area contributed by atoms with Crippen LogP contribution >= 0.6 is 0 Å². The molecule has 84 valence electrons. The van der Waals surface area contributed by atoms with Crippen LogP contribution < -0.4 is 5.32 Å². The Bertz CT molecular complexity index is 153. The Morgan fingerprint density at radius 3 is 2.29 bits per heavy atom. The summed E-state index contributed by atoms with van der Waals surface area (Å²) in [6.45, 7) is 11.6. The van der Waals surface area contributed by atoms with Crippen molar-refractivity contribution in [2.24, 2.45) is 10.8 Å². The molecule has 0 unspecified atom stereocenters. The first-order valence-electron chi connectivity index (χ1n) is 6.12. The van der Waals surface area contributed by atoms with E-state index in [-0.39, 0.29) is 0 Å². The molecule has 1 aliphatic carbocycles. The Balaban J connectivity index is 1.85. The molecule has 0 bridgehead atoms. The molecule has 0 heterocycles. The maximum Gasteiger partial charge on any atom is -0.0000126 e. The predicted molar refractivity (Wildman–Crippen MR) is 63.5 cm³/mol. The quantitative estimate of drug-likeness (QED) is 0.642. The van der Waals surface area contributed by atoms with Gasteiger partial charge in [0.2, 0.25) is 0 Å². The summed E-state index contributed by atoms with van der Waals surface area (Å²) in [4.78, 5) is 0. The molecule has 0 aromatic heterocycles. The number of hydrogen-bond donors (Lipinski definition) is 1. The van der Waals surface area contributed by atoms with Crippen LogP contribution in [0.3, 0.4) is 0 Å². The van der Waals surface area contributed by atoms with Gasteiger partial charge in [-0.15, -0.1) is 0 Å². The second kappa shape index (κ2) is 4.65. The van der Waals surface area contributed by atoms with Gasteiger partial charge in [0, 0.05) is 0 Å². The van der Waals surface area contributed by atoms with E-state index in [9.17, 15) is 0 Å². The lowest BCUT2D eigenvalue weighted by Crippen LogP contribution is -2.27. The molecule has 0 aromatic carbocycles. The summed E-state index contributed by atoms with van der Waals surface area (Å²) in [5, 5.41) is 3.53. The van der Waals surface area contributed by atoms with Crippen LogP contribution in [0.2, 0.25) is 0 Å². The molecule has 0 aromatic rings. The van der Waals surface area contributed by atoms with Crippen molar-refractivity contribution in [3.63, 3.8) is 0 Å². The summed E-state index contributed by atoms with van der Waals surface area (Å²) in [5.41, 5.74) is 1.19. The van der Waals surface area contributed by atoms with E-state index in [1.165, 1.54) is 38.6 Å². The fourth-order valence-corrected chi connectivity index (χ4v) is 1.73. The largest absolute Gasteiger partial charge is 0.316 e. The van der Waals surface area contributed by atoms with E-state index in [0.717, 1.165) is 12.0 Å². The van der Waals surface area contributed by atoms with E-state index >= 15 is 0 Å². The highest BCUT2D eigenvalue weighted by atomic mass is 14.9. The Labute approximate surface area is 89.7 Å². The first-order chi connectivity index (χ1) is 6.41. The summed E-state index contributed by atoms with van der Waals surface area (Å²) in [6.07, 6.45) is 7.16. The second-order valence-electron chi connectivity index (χ2n) is 6.51. The summed E-state index contributed by atoms with van der Waals surface area (Å²) < 4.78 is 0. The minimum Gasteiger partial charge on any atom is -0.316 e. The number of hydrogen-bond acceptors (Lipinski definition) is 1. The van der Waals surface area contributed by atoms with Crippen molar-refractivity contribution >= 4 is 0 Å². The molecular formula is C13H27N. The van der Waals surface area contributed by atoms with Crippen molar-refractivity contribution in [2.45, 2.75) is 59.8 Å². The van der Waals surface area contributed by atoms with E-state index in [4.69, 9.17) is 0 Å². The fourth-order valence-electron chi connectivity index (χ4n) is 1.73. The molecule has 14 heavy (non-hydrogen) atoms. The predicted octanol–water partition coefficient (Wildman–Crippen LogP) is 3.59. The highest BCUT2D eigenvalue weighted by Crippen LogP contribution is 2.48. The lowest BCUT2D eigenvalue weighted by Gasteiger charge is -2.18. The molecule has 0 atom stereocenters. The third-order valence-corrected chi connectivity index (χ3v) is 3.14. The third kappa shape index (κ3) is 5.64. The van der Waals surface area contributed by atoms with Gasteiger partial charge in [0.05, 0.1) is 0 Å². The van der Waals surface area contributed by atoms with Gasteiger partial charge < -0.3 is 5.32 Å². The average molecular weight is 197 g/mol. The smallest absolute Gasteiger partial charge is 0.0000126 e. The van der Waals surface area contributed by atoms with Crippen molar-refractivity contribution in [2.75, 3.05) is 13.1 Å². The summed E-state index contributed by atoms with van der Waals surface area (Å²) in [5.74, 6) is 0. The van der Waals surface area contributed by atoms with Crippen molar-refractivity contribution in [1.29, 1.82) is 0 Å². The SMILES string of the molecule is CC(C)(C)CNCCCCC1(C)CC1. The highest BCUT2D eigenvalue weighted by Gasteiger charge is 2.35. The topological polar surface area (TPSA) is 12.0 Å². The van der Waals surface area contributed by atoms with Crippen LogP contribution in [0.4, 0.5) is 0 Å². The lowest BCUT2D eigenvalue weighted by atomic mass is 9.97. The van der Waals surface area contributed by atoms with Crippen LogP contribution in [0.15, 0.2) is 0 Å². The second-order valence-corrected chi connectivity index (χ2v) is 6.51. The summed E-state index contributed by atoms with van der Waals surface area (Å²) >= 11 is 0. The molecule has 0 amide bonds. The van der Waals surface area contributed by atoms with E-state index in [1.807, 2.05) is 0 Å². The molecule has 1 fully saturated rings. The van der Waals surface area contributed by atoms with Crippen LogP contribution in [0.1, 0.15) is 59.8 Å². The van der Waals surface area contributed by atoms with Gasteiger partial charge in [0.1, 0.15) is 0 Å². The monoisotopic (exact) mass is 197 g/mol. The van der Waals surface area contributed by atoms with Gasteiger partial charge in [-0.25, -0.2) is 0 Å². The molecule has 1 nitrogen and oxygen atoms in total. The van der Waals surface area contributed by atoms with Crippen LogP contribution in [0.5, 0.6) is 0 Å². The summed E-state index contributed by atoms with van der Waals surface area (Å²) in [7, 11) is 0. The van der Waals surface area contributed by atoms with Crippen LogP contribution in [0.25, 0.3) is 0 Å². The third-order valence-electron chi connectivity index (χ3n) is 3.14. The van der Waals surface area contributed by atoms with Gasteiger partial charge in [-0.2, -0.15) is 0 Å². The van der Waals surface area contributed by atoms with Gasteiger partial charge in [0.25, 0.3) is 0 Å². The molecule has 0 radical (unpaired) electrons. The molecule has 1 aliphatic rings. The van der Waals surface area contributed by atoms with Gasteiger partial charge >= 0.3 is 0 Å². The maximum absolute atomic E-state index is 3.53. The molecule has 0 saturated heterocycles. The van der Waals surface area contributed by atoms with Crippen molar-refractivity contribution in [3.8, 4) is 0 Å². The standard InChI is InChI=1S/C13H27N/c1-12(2,3)11-14-10-6-5-7-13(4)8-9-13/h14H,5-11H2,1-4H3. The zero-order valence-electron chi connectivity index (χ0n) is 10.4. The summed E-state index contributed by atoms with van der Waals surface area (Å²) in [6, 6.07) is 0. The fraction of sp³-hybridized carbons (Fsp3) is 1.00. The molecule has 0 spiro atoms. The molecule has 1 saturated carbocycles. The van der Waals surface area contributed by atoms with Gasteiger partial charge in [0.15, 0.2) is 0 Å². The van der Waals surface area contributed by atoms with Crippen molar-refractivity contribution in [1.82, 2.24) is 5.32 Å². The molecule has 1 N–H and O–H groups in total. The van der Waals surface area contributed by atoms with Gasteiger partial charge in [-0.1, -0.05) is 34.1 Å². The molecule has 0 aliphatic heterocycles. The van der Waals surface area contributed by atoms with Crippen molar-refractivity contribution < 1.29 is 0 Å². The van der Waals surface area contributed by atoms with Crippen LogP contribution in [-0.2, 0) is 0 Å². The normalized spacial score (nSPS) is 19.7. The molecule has 1 heteroatoms. The Morgan fingerprint density at radius 2 is 1.79 bits per heavy atom. The number of unbranched alkanes of at least 4 members (excludes halogenated alkanes) is 1. The Morgan fingerprint density at radius 1 is 1.14 bits per heavy atom. The molecular weight excluding hydrogens is 170 g/mol. The average Bonchev–Trinajstić information content (AvgIpc) is 2.75.